The Labute approximate surface area is 422 Å². The number of esters is 1. The fraction of sp³-hybridized carbons (Fsp3) is 0.897. The second-order valence-corrected chi connectivity index (χ2v) is 20.4. The van der Waals surface area contributed by atoms with Gasteiger partial charge in [-0.25, -0.2) is 0 Å². The number of amides is 1. The largest absolute Gasteiger partial charge is 0.454 e. The lowest BCUT2D eigenvalue weighted by molar-refractivity contribution is -0.305. The number of aliphatic hydroxyl groups is 5. The molecule has 11 nitrogen and oxygen atoms in total. The van der Waals surface area contributed by atoms with Crippen molar-refractivity contribution >= 4 is 11.9 Å². The van der Waals surface area contributed by atoms with Gasteiger partial charge in [-0.3, -0.25) is 9.59 Å². The van der Waals surface area contributed by atoms with E-state index in [4.69, 9.17) is 14.2 Å². The second-order valence-electron chi connectivity index (χ2n) is 20.4. The zero-order chi connectivity index (χ0) is 50.4. The van der Waals surface area contributed by atoms with Gasteiger partial charge in [0, 0.05) is 6.42 Å². The fourth-order valence-electron chi connectivity index (χ4n) is 9.18. The number of hydrogen-bond acceptors (Lipinski definition) is 10. The molecule has 1 saturated heterocycles. The molecule has 8 atom stereocenters. The first-order chi connectivity index (χ1) is 33.7. The number of allylic oxidation sites excluding steroid dienone is 3. The van der Waals surface area contributed by atoms with E-state index in [2.05, 4.69) is 38.2 Å². The first-order valence-electron chi connectivity index (χ1n) is 29.1. The Morgan fingerprint density at radius 3 is 1.42 bits per heavy atom. The van der Waals surface area contributed by atoms with E-state index in [1.165, 1.54) is 154 Å². The molecule has 6 N–H and O–H groups in total. The Hall–Kier alpha value is -1.86. The lowest BCUT2D eigenvalue weighted by atomic mass is 9.99. The van der Waals surface area contributed by atoms with Crippen LogP contribution in [0.5, 0.6) is 0 Å². The van der Waals surface area contributed by atoms with Crippen LogP contribution < -0.4 is 5.32 Å². The van der Waals surface area contributed by atoms with Gasteiger partial charge in [-0.2, -0.15) is 0 Å². The van der Waals surface area contributed by atoms with Gasteiger partial charge in [-0.1, -0.05) is 238 Å². The number of ether oxygens (including phenoxy) is 3. The minimum Gasteiger partial charge on any atom is -0.454 e. The summed E-state index contributed by atoms with van der Waals surface area (Å²) < 4.78 is 17.6. The number of carbonyl (C=O) groups is 2. The Morgan fingerprint density at radius 2 is 0.957 bits per heavy atom. The third-order valence-electron chi connectivity index (χ3n) is 13.9. The number of nitrogens with one attached hydrogen (secondary N) is 1. The summed E-state index contributed by atoms with van der Waals surface area (Å²) in [6, 6.07) is -1.02. The van der Waals surface area contributed by atoms with E-state index in [0.717, 1.165) is 70.6 Å². The highest BCUT2D eigenvalue weighted by Crippen LogP contribution is 2.26. The molecule has 406 valence electrons. The van der Waals surface area contributed by atoms with E-state index >= 15 is 0 Å². The van der Waals surface area contributed by atoms with Gasteiger partial charge < -0.3 is 45.1 Å². The van der Waals surface area contributed by atoms with Crippen LogP contribution in [0.25, 0.3) is 0 Å². The van der Waals surface area contributed by atoms with Crippen molar-refractivity contribution in [1.82, 2.24) is 5.32 Å². The quantitative estimate of drug-likeness (QED) is 0.0196. The van der Waals surface area contributed by atoms with Gasteiger partial charge in [0.15, 0.2) is 12.4 Å². The van der Waals surface area contributed by atoms with Crippen LogP contribution in [0.15, 0.2) is 24.3 Å². The summed E-state index contributed by atoms with van der Waals surface area (Å²) in [5, 5.41) is 56.8. The predicted molar refractivity (Wildman–Crippen MR) is 283 cm³/mol. The van der Waals surface area contributed by atoms with E-state index in [1.54, 1.807) is 6.08 Å². The molecular weight excluding hydrogens is 871 g/mol. The lowest BCUT2D eigenvalue weighted by Gasteiger charge is -2.41. The maximum Gasteiger partial charge on any atom is 0.306 e. The highest BCUT2D eigenvalue weighted by atomic mass is 16.7. The molecule has 0 saturated carbocycles. The van der Waals surface area contributed by atoms with Crippen LogP contribution in [-0.4, -0.2) is 99.6 Å². The van der Waals surface area contributed by atoms with Crippen LogP contribution in [0.4, 0.5) is 0 Å². The molecule has 0 radical (unpaired) electrons. The van der Waals surface area contributed by atoms with Crippen molar-refractivity contribution in [3.63, 3.8) is 0 Å². The van der Waals surface area contributed by atoms with E-state index in [-0.39, 0.29) is 13.0 Å². The second kappa shape index (κ2) is 47.2. The molecule has 0 aliphatic carbocycles. The van der Waals surface area contributed by atoms with Crippen molar-refractivity contribution in [3.8, 4) is 0 Å². The normalized spacial score (nSPS) is 19.9. The van der Waals surface area contributed by atoms with E-state index in [0.29, 0.717) is 19.3 Å². The lowest BCUT2D eigenvalue weighted by Crippen LogP contribution is -2.61. The minimum absolute atomic E-state index is 0.122. The third-order valence-corrected chi connectivity index (χ3v) is 13.9. The molecule has 69 heavy (non-hydrogen) atoms. The maximum absolute atomic E-state index is 13.4. The molecule has 1 fully saturated rings. The topological polar surface area (TPSA) is 175 Å². The number of rotatable bonds is 49. The van der Waals surface area contributed by atoms with Gasteiger partial charge in [-0.05, 0) is 51.4 Å². The van der Waals surface area contributed by atoms with Crippen molar-refractivity contribution in [2.45, 2.75) is 320 Å². The molecule has 0 aromatic carbocycles. The Balaban J connectivity index is 2.72. The van der Waals surface area contributed by atoms with Crippen molar-refractivity contribution < 1.29 is 49.3 Å². The molecule has 0 spiro atoms. The fourth-order valence-corrected chi connectivity index (χ4v) is 9.18. The summed E-state index contributed by atoms with van der Waals surface area (Å²) in [7, 11) is 0. The summed E-state index contributed by atoms with van der Waals surface area (Å²) in [5.74, 6) is -1.19. The van der Waals surface area contributed by atoms with Crippen molar-refractivity contribution in [2.75, 3.05) is 13.2 Å². The molecule has 8 unspecified atom stereocenters. The van der Waals surface area contributed by atoms with Gasteiger partial charge in [0.25, 0.3) is 0 Å². The van der Waals surface area contributed by atoms with E-state index in [9.17, 15) is 35.1 Å². The summed E-state index contributed by atoms with van der Waals surface area (Å²) in [4.78, 5) is 26.4. The van der Waals surface area contributed by atoms with Crippen LogP contribution in [0, 0.1) is 0 Å². The Bertz CT molecular complexity index is 1220. The van der Waals surface area contributed by atoms with Crippen LogP contribution in [0.1, 0.15) is 271 Å². The third kappa shape index (κ3) is 35.8. The average molecular weight is 981 g/mol. The highest BCUT2D eigenvalue weighted by Gasteiger charge is 2.47. The van der Waals surface area contributed by atoms with Crippen molar-refractivity contribution in [3.05, 3.63) is 24.3 Å². The average Bonchev–Trinajstić information content (AvgIpc) is 3.34. The molecule has 1 rings (SSSR count). The van der Waals surface area contributed by atoms with Crippen LogP contribution in [-0.2, 0) is 23.8 Å². The van der Waals surface area contributed by atoms with E-state index < -0.39 is 67.4 Å². The Morgan fingerprint density at radius 1 is 0.551 bits per heavy atom. The monoisotopic (exact) mass is 980 g/mol. The first kappa shape index (κ1) is 65.2. The Kier molecular flexibility index (Phi) is 44.5. The predicted octanol–water partition coefficient (Wildman–Crippen LogP) is 12.9. The summed E-state index contributed by atoms with van der Waals surface area (Å²) in [6.07, 6.45) is 42.1. The van der Waals surface area contributed by atoms with Gasteiger partial charge in [0.2, 0.25) is 5.91 Å². The van der Waals surface area contributed by atoms with Gasteiger partial charge in [0.1, 0.15) is 24.4 Å². The van der Waals surface area contributed by atoms with Crippen molar-refractivity contribution in [2.24, 2.45) is 0 Å². The van der Waals surface area contributed by atoms with Crippen LogP contribution >= 0.6 is 0 Å². The van der Waals surface area contributed by atoms with Gasteiger partial charge in [0.05, 0.1) is 25.4 Å². The van der Waals surface area contributed by atoms with E-state index in [1.807, 2.05) is 6.08 Å². The standard InChI is InChI=1S/C58H109NO10/c1-4-7-10-13-16-19-22-25-26-28-31-34-37-40-43-46-53(63)69-56-55(65)54(64)52(47-60)68-58(56)67-48-49(50(61)44-41-38-35-32-29-24-21-18-15-12-9-6-3)59-57(66)51(62)45-42-39-36-33-30-27-23-20-17-14-11-8-5-2/h19,22,41,44,49-52,54-56,58,60-62,64-65H,4-18,20-21,23-40,42-43,45-48H2,1-3H3,(H,59,66)/b22-19-,44-41+. The first-order valence-corrected chi connectivity index (χ1v) is 29.1. The maximum atomic E-state index is 13.4. The molecule has 0 aromatic heterocycles. The summed E-state index contributed by atoms with van der Waals surface area (Å²) in [6.45, 7) is 5.77. The molecule has 0 bridgehead atoms. The molecule has 1 aliphatic heterocycles. The number of hydrogen-bond donors (Lipinski definition) is 6. The van der Waals surface area contributed by atoms with Gasteiger partial charge in [-0.15, -0.1) is 0 Å². The molecular formula is C58H109NO10. The van der Waals surface area contributed by atoms with Crippen molar-refractivity contribution in [1.29, 1.82) is 0 Å². The number of unbranched alkanes of at least 4 members (excludes halogenated alkanes) is 33. The zero-order valence-electron chi connectivity index (χ0n) is 44.7. The number of carbonyl (C=O) groups excluding carboxylic acids is 2. The molecule has 0 aromatic rings. The minimum atomic E-state index is -1.61. The number of aliphatic hydroxyl groups excluding tert-OH is 5. The SMILES string of the molecule is CCCCCC/C=C\CCCCCCCCCC(=O)OC1C(OCC(NC(=O)C(O)CCCCCCCCCCCCCCC)C(O)/C=C/CCCCCCCCCCCC)OC(CO)C(O)C1O. The summed E-state index contributed by atoms with van der Waals surface area (Å²) in [5.41, 5.74) is 0. The molecule has 1 amide bonds. The molecule has 1 aliphatic rings. The van der Waals surface area contributed by atoms with Crippen LogP contribution in [0.3, 0.4) is 0 Å². The van der Waals surface area contributed by atoms with Crippen LogP contribution in [0.2, 0.25) is 0 Å². The summed E-state index contributed by atoms with van der Waals surface area (Å²) >= 11 is 0. The highest BCUT2D eigenvalue weighted by molar-refractivity contribution is 5.80. The van der Waals surface area contributed by atoms with Gasteiger partial charge >= 0.3 is 5.97 Å². The molecule has 1 heterocycles. The smallest absolute Gasteiger partial charge is 0.306 e. The molecule has 11 heteroatoms. The zero-order valence-corrected chi connectivity index (χ0v) is 44.7.